The smallest absolute Gasteiger partial charge is 0.410 e. The van der Waals surface area contributed by atoms with Crippen molar-refractivity contribution in [2.24, 2.45) is 11.8 Å². The van der Waals surface area contributed by atoms with E-state index in [-0.39, 0.29) is 24.0 Å². The molecule has 1 unspecified atom stereocenters. The van der Waals surface area contributed by atoms with Gasteiger partial charge in [0.15, 0.2) is 0 Å². The van der Waals surface area contributed by atoms with Crippen LogP contribution in [0.5, 0.6) is 0 Å². The molecule has 1 aliphatic rings. The first-order valence-corrected chi connectivity index (χ1v) is 8.86. The predicted octanol–water partition coefficient (Wildman–Crippen LogP) is 3.57. The third kappa shape index (κ3) is 7.71. The zero-order chi connectivity index (χ0) is 17.6. The Kier molecular flexibility index (Phi) is 7.36. The Labute approximate surface area is 141 Å². The number of likely N-dealkylation sites (tertiary alicyclic amines) is 1. The topological polar surface area (TPSA) is 58.6 Å². The van der Waals surface area contributed by atoms with E-state index in [9.17, 15) is 9.59 Å². The standard InChI is InChI=1S/C18H34N2O3/c1-13(2)7-8-14(3)19-16(21)15-9-11-20(12-10-15)17(22)23-18(4,5)6/h13-15H,7-12H2,1-6H3,(H,19,21). The third-order valence-electron chi connectivity index (χ3n) is 4.08. The molecule has 0 aromatic heterocycles. The van der Waals surface area contributed by atoms with Gasteiger partial charge in [-0.05, 0) is 59.3 Å². The zero-order valence-electron chi connectivity index (χ0n) is 15.6. The van der Waals surface area contributed by atoms with Crippen LogP contribution in [0.25, 0.3) is 0 Å². The van der Waals surface area contributed by atoms with Crippen LogP contribution in [-0.2, 0) is 9.53 Å². The lowest BCUT2D eigenvalue weighted by Crippen LogP contribution is -2.46. The first-order valence-electron chi connectivity index (χ1n) is 8.86. The van der Waals surface area contributed by atoms with Gasteiger partial charge in [-0.3, -0.25) is 4.79 Å². The predicted molar refractivity (Wildman–Crippen MR) is 92.2 cm³/mol. The summed E-state index contributed by atoms with van der Waals surface area (Å²) in [5.74, 6) is 0.798. The fourth-order valence-electron chi connectivity index (χ4n) is 2.67. The van der Waals surface area contributed by atoms with Crippen LogP contribution in [0.15, 0.2) is 0 Å². The van der Waals surface area contributed by atoms with Gasteiger partial charge < -0.3 is 15.0 Å². The number of carbonyl (C=O) groups is 2. The van der Waals surface area contributed by atoms with E-state index in [0.717, 1.165) is 12.8 Å². The Morgan fingerprint density at radius 2 is 1.70 bits per heavy atom. The highest BCUT2D eigenvalue weighted by molar-refractivity contribution is 5.79. The molecular weight excluding hydrogens is 292 g/mol. The van der Waals surface area contributed by atoms with E-state index >= 15 is 0 Å². The van der Waals surface area contributed by atoms with E-state index in [1.807, 2.05) is 20.8 Å². The highest BCUT2D eigenvalue weighted by Gasteiger charge is 2.30. The summed E-state index contributed by atoms with van der Waals surface area (Å²) in [5, 5.41) is 3.11. The number of hydrogen-bond acceptors (Lipinski definition) is 3. The monoisotopic (exact) mass is 326 g/mol. The highest BCUT2D eigenvalue weighted by atomic mass is 16.6. The van der Waals surface area contributed by atoms with Crippen molar-refractivity contribution in [2.75, 3.05) is 13.1 Å². The molecule has 0 saturated carbocycles. The second-order valence-electron chi connectivity index (χ2n) is 8.12. The van der Waals surface area contributed by atoms with Crippen LogP contribution in [0, 0.1) is 11.8 Å². The van der Waals surface area contributed by atoms with Crippen molar-refractivity contribution in [2.45, 2.75) is 78.9 Å². The van der Waals surface area contributed by atoms with Crippen molar-refractivity contribution in [3.63, 3.8) is 0 Å². The Morgan fingerprint density at radius 3 is 2.17 bits per heavy atom. The van der Waals surface area contributed by atoms with Crippen LogP contribution in [0.3, 0.4) is 0 Å². The van der Waals surface area contributed by atoms with Crippen LogP contribution < -0.4 is 5.32 Å². The highest BCUT2D eigenvalue weighted by Crippen LogP contribution is 2.20. The number of carbonyl (C=O) groups excluding carboxylic acids is 2. The molecule has 5 nitrogen and oxygen atoms in total. The van der Waals surface area contributed by atoms with E-state index in [0.29, 0.717) is 31.8 Å². The fraction of sp³-hybridized carbons (Fsp3) is 0.889. The number of rotatable bonds is 5. The Bertz CT molecular complexity index is 394. The van der Waals surface area contributed by atoms with Crippen LogP contribution in [0.2, 0.25) is 0 Å². The Morgan fingerprint density at radius 1 is 1.13 bits per heavy atom. The Hall–Kier alpha value is -1.26. The SMILES string of the molecule is CC(C)CCC(C)NC(=O)C1CCN(C(=O)OC(C)(C)C)CC1. The summed E-state index contributed by atoms with van der Waals surface area (Å²) < 4.78 is 5.38. The minimum absolute atomic E-state index is 0.00943. The van der Waals surface area contributed by atoms with E-state index in [1.54, 1.807) is 4.90 Å². The molecule has 1 fully saturated rings. The average molecular weight is 326 g/mol. The van der Waals surface area contributed by atoms with Crippen molar-refractivity contribution in [3.05, 3.63) is 0 Å². The summed E-state index contributed by atoms with van der Waals surface area (Å²) in [7, 11) is 0. The summed E-state index contributed by atoms with van der Waals surface area (Å²) in [4.78, 5) is 26.0. The fourth-order valence-corrected chi connectivity index (χ4v) is 2.67. The molecule has 1 N–H and O–H groups in total. The van der Waals surface area contributed by atoms with Gasteiger partial charge in [0, 0.05) is 25.0 Å². The van der Waals surface area contributed by atoms with Gasteiger partial charge in [0.05, 0.1) is 0 Å². The van der Waals surface area contributed by atoms with Crippen LogP contribution in [-0.4, -0.2) is 41.6 Å². The maximum atomic E-state index is 12.3. The Balaban J connectivity index is 2.35. The van der Waals surface area contributed by atoms with Gasteiger partial charge >= 0.3 is 6.09 Å². The molecule has 0 bridgehead atoms. The number of amides is 2. The molecule has 1 rings (SSSR count). The zero-order valence-corrected chi connectivity index (χ0v) is 15.6. The molecule has 1 atom stereocenters. The number of hydrogen-bond donors (Lipinski definition) is 1. The largest absolute Gasteiger partial charge is 0.444 e. The minimum atomic E-state index is -0.475. The first-order chi connectivity index (χ1) is 10.6. The van der Waals surface area contributed by atoms with Crippen molar-refractivity contribution < 1.29 is 14.3 Å². The maximum Gasteiger partial charge on any atom is 0.410 e. The van der Waals surface area contributed by atoms with Crippen molar-refractivity contribution >= 4 is 12.0 Å². The molecule has 1 heterocycles. The van der Waals surface area contributed by atoms with Crippen molar-refractivity contribution in [1.82, 2.24) is 10.2 Å². The second kappa shape index (κ2) is 8.55. The summed E-state index contributed by atoms with van der Waals surface area (Å²) in [6.45, 7) is 13.2. The quantitative estimate of drug-likeness (QED) is 0.840. The molecular formula is C18H34N2O3. The van der Waals surface area contributed by atoms with E-state index in [1.165, 1.54) is 0 Å². The molecule has 5 heteroatoms. The summed E-state index contributed by atoms with van der Waals surface area (Å²) in [6, 6.07) is 0.216. The molecule has 2 amide bonds. The summed E-state index contributed by atoms with van der Waals surface area (Å²) >= 11 is 0. The lowest BCUT2D eigenvalue weighted by atomic mass is 9.95. The second-order valence-corrected chi connectivity index (χ2v) is 8.12. The number of nitrogens with one attached hydrogen (secondary N) is 1. The third-order valence-corrected chi connectivity index (χ3v) is 4.08. The van der Waals surface area contributed by atoms with E-state index in [2.05, 4.69) is 26.1 Å². The lowest BCUT2D eigenvalue weighted by molar-refractivity contribution is -0.127. The van der Waals surface area contributed by atoms with Gasteiger partial charge in [0.2, 0.25) is 5.91 Å². The molecule has 0 spiro atoms. The summed E-state index contributed by atoms with van der Waals surface area (Å²) in [5.41, 5.74) is -0.475. The van der Waals surface area contributed by atoms with E-state index in [4.69, 9.17) is 4.74 Å². The van der Waals surface area contributed by atoms with Crippen LogP contribution in [0.4, 0.5) is 4.79 Å². The number of nitrogens with zero attached hydrogens (tertiary/aromatic N) is 1. The minimum Gasteiger partial charge on any atom is -0.444 e. The number of piperidine rings is 1. The molecule has 23 heavy (non-hydrogen) atoms. The van der Waals surface area contributed by atoms with Gasteiger partial charge in [0.1, 0.15) is 5.60 Å². The molecule has 1 saturated heterocycles. The van der Waals surface area contributed by atoms with Gasteiger partial charge in [-0.1, -0.05) is 13.8 Å². The van der Waals surface area contributed by atoms with Gasteiger partial charge in [-0.25, -0.2) is 4.79 Å². The molecule has 134 valence electrons. The first kappa shape index (κ1) is 19.8. The van der Waals surface area contributed by atoms with Gasteiger partial charge in [0.25, 0.3) is 0 Å². The van der Waals surface area contributed by atoms with Gasteiger partial charge in [-0.15, -0.1) is 0 Å². The number of ether oxygens (including phenoxy) is 1. The molecule has 0 aliphatic carbocycles. The van der Waals surface area contributed by atoms with Crippen LogP contribution in [0.1, 0.15) is 67.2 Å². The normalized spacial score (nSPS) is 18.0. The molecule has 1 aliphatic heterocycles. The maximum absolute atomic E-state index is 12.3. The van der Waals surface area contributed by atoms with Crippen LogP contribution >= 0.6 is 0 Å². The van der Waals surface area contributed by atoms with E-state index < -0.39 is 5.60 Å². The molecule has 0 aromatic rings. The van der Waals surface area contributed by atoms with Crippen molar-refractivity contribution in [3.8, 4) is 0 Å². The molecule has 0 aromatic carbocycles. The average Bonchev–Trinajstić information content (AvgIpc) is 2.43. The van der Waals surface area contributed by atoms with Gasteiger partial charge in [-0.2, -0.15) is 0 Å². The van der Waals surface area contributed by atoms with Crippen molar-refractivity contribution in [1.29, 1.82) is 0 Å². The summed E-state index contributed by atoms with van der Waals surface area (Å²) in [6.07, 6.45) is 3.28. The lowest BCUT2D eigenvalue weighted by Gasteiger charge is -2.33. The molecule has 0 radical (unpaired) electrons.